The minimum Gasteiger partial charge on any atom is -0.378 e. The first-order valence-corrected chi connectivity index (χ1v) is 9.28. The van der Waals surface area contributed by atoms with Crippen LogP contribution in [-0.4, -0.2) is 30.9 Å². The molecule has 0 spiro atoms. The maximum absolute atomic E-state index is 12.6. The van der Waals surface area contributed by atoms with Gasteiger partial charge in [-0.2, -0.15) is 0 Å². The van der Waals surface area contributed by atoms with Gasteiger partial charge in [0.2, 0.25) is 0 Å². The van der Waals surface area contributed by atoms with Crippen molar-refractivity contribution in [2.24, 2.45) is 0 Å². The van der Waals surface area contributed by atoms with E-state index in [-0.39, 0.29) is 23.2 Å². The molecule has 29 heavy (non-hydrogen) atoms. The quantitative estimate of drug-likeness (QED) is 0.685. The first-order valence-electron chi connectivity index (χ1n) is 9.28. The molecule has 1 heterocycles. The average molecular weight is 388 g/mol. The Morgan fingerprint density at radius 3 is 2.07 bits per heavy atom. The maximum Gasteiger partial charge on any atom is 0.274 e. The van der Waals surface area contributed by atoms with Crippen LogP contribution in [0, 0.1) is 13.8 Å². The highest BCUT2D eigenvalue weighted by atomic mass is 16.2. The lowest BCUT2D eigenvalue weighted by Crippen LogP contribution is -2.19. The zero-order chi connectivity index (χ0) is 21.0. The fraction of sp³-hybridized carbons (Fsp3) is 0.174. The number of rotatable bonds is 5. The number of amides is 2. The molecule has 0 aliphatic heterocycles. The van der Waals surface area contributed by atoms with E-state index in [1.807, 2.05) is 75.3 Å². The van der Waals surface area contributed by atoms with E-state index < -0.39 is 0 Å². The smallest absolute Gasteiger partial charge is 0.274 e. The number of nitrogens with zero attached hydrogens (tertiary/aromatic N) is 2. The van der Waals surface area contributed by atoms with Crippen molar-refractivity contribution in [3.8, 4) is 0 Å². The number of aryl methyl sites for hydroxylation is 2. The molecule has 2 aromatic carbocycles. The van der Waals surface area contributed by atoms with Crippen LogP contribution in [0.3, 0.4) is 0 Å². The predicted molar refractivity (Wildman–Crippen MR) is 117 cm³/mol. The molecule has 3 aromatic rings. The van der Waals surface area contributed by atoms with Gasteiger partial charge in [0.25, 0.3) is 11.8 Å². The van der Waals surface area contributed by atoms with Gasteiger partial charge in [-0.3, -0.25) is 9.59 Å². The topological polar surface area (TPSA) is 74.3 Å². The van der Waals surface area contributed by atoms with E-state index >= 15 is 0 Å². The first kappa shape index (κ1) is 20.1. The number of carbonyl (C=O) groups is 2. The van der Waals surface area contributed by atoms with Crippen molar-refractivity contribution in [3.63, 3.8) is 0 Å². The van der Waals surface area contributed by atoms with Crippen LogP contribution in [-0.2, 0) is 0 Å². The zero-order valence-corrected chi connectivity index (χ0v) is 17.0. The Kier molecular flexibility index (Phi) is 5.93. The Hall–Kier alpha value is -3.67. The van der Waals surface area contributed by atoms with Gasteiger partial charge < -0.3 is 15.5 Å². The number of aromatic nitrogens is 1. The molecule has 0 fully saturated rings. The van der Waals surface area contributed by atoms with Gasteiger partial charge >= 0.3 is 0 Å². The van der Waals surface area contributed by atoms with Crippen LogP contribution < -0.4 is 15.5 Å². The van der Waals surface area contributed by atoms with Gasteiger partial charge in [-0.05, 0) is 67.4 Å². The van der Waals surface area contributed by atoms with E-state index in [2.05, 4.69) is 15.6 Å². The number of pyridine rings is 1. The largest absolute Gasteiger partial charge is 0.378 e. The van der Waals surface area contributed by atoms with Crippen LogP contribution >= 0.6 is 0 Å². The van der Waals surface area contributed by atoms with Crippen molar-refractivity contribution >= 4 is 28.9 Å². The lowest BCUT2D eigenvalue weighted by atomic mass is 10.1. The van der Waals surface area contributed by atoms with E-state index in [1.54, 1.807) is 18.2 Å². The summed E-state index contributed by atoms with van der Waals surface area (Å²) in [5.74, 6) is -0.729. The van der Waals surface area contributed by atoms with Gasteiger partial charge in [-0.25, -0.2) is 4.98 Å². The number of carbonyl (C=O) groups excluding carboxylic acids is 2. The Bertz CT molecular complexity index is 1040. The average Bonchev–Trinajstić information content (AvgIpc) is 2.71. The summed E-state index contributed by atoms with van der Waals surface area (Å²) in [6, 6.07) is 18.1. The van der Waals surface area contributed by atoms with Crippen molar-refractivity contribution < 1.29 is 9.59 Å². The van der Waals surface area contributed by atoms with Crippen molar-refractivity contribution in [2.75, 3.05) is 29.6 Å². The van der Waals surface area contributed by atoms with E-state index in [0.29, 0.717) is 5.69 Å². The van der Waals surface area contributed by atoms with Crippen LogP contribution in [0.2, 0.25) is 0 Å². The van der Waals surface area contributed by atoms with Crippen LogP contribution in [0.1, 0.15) is 32.1 Å². The lowest BCUT2D eigenvalue weighted by molar-refractivity contribution is 0.101. The van der Waals surface area contributed by atoms with Crippen molar-refractivity contribution in [2.45, 2.75) is 13.8 Å². The van der Waals surface area contributed by atoms with Gasteiger partial charge in [0.1, 0.15) is 11.4 Å². The fourth-order valence-electron chi connectivity index (χ4n) is 2.78. The number of hydrogen-bond donors (Lipinski definition) is 2. The summed E-state index contributed by atoms with van der Waals surface area (Å²) < 4.78 is 0. The molecule has 0 atom stereocenters. The fourth-order valence-corrected chi connectivity index (χ4v) is 2.78. The molecule has 0 aliphatic rings. The third-order valence-corrected chi connectivity index (χ3v) is 4.50. The van der Waals surface area contributed by atoms with Gasteiger partial charge in [0.05, 0.1) is 0 Å². The Balaban J connectivity index is 1.73. The van der Waals surface area contributed by atoms with Crippen LogP contribution in [0.15, 0.2) is 60.7 Å². The molecule has 6 heteroatoms. The molecule has 0 saturated carbocycles. The molecular formula is C23H24N4O2. The molecule has 148 valence electrons. The molecule has 3 rings (SSSR count). The van der Waals surface area contributed by atoms with Gasteiger partial charge in [0.15, 0.2) is 0 Å². The summed E-state index contributed by atoms with van der Waals surface area (Å²) >= 11 is 0. The van der Waals surface area contributed by atoms with Gasteiger partial charge in [-0.1, -0.05) is 18.2 Å². The van der Waals surface area contributed by atoms with Crippen LogP contribution in [0.25, 0.3) is 0 Å². The monoisotopic (exact) mass is 388 g/mol. The minimum atomic E-state index is -0.371. The minimum absolute atomic E-state index is 0.176. The molecule has 0 radical (unpaired) electrons. The van der Waals surface area contributed by atoms with E-state index in [0.717, 1.165) is 22.5 Å². The third-order valence-electron chi connectivity index (χ3n) is 4.50. The van der Waals surface area contributed by atoms with Gasteiger partial charge in [0, 0.05) is 31.2 Å². The highest BCUT2D eigenvalue weighted by Gasteiger charge is 2.14. The molecule has 2 amide bonds. The molecule has 0 bridgehead atoms. The maximum atomic E-state index is 12.6. The summed E-state index contributed by atoms with van der Waals surface area (Å²) in [6.07, 6.45) is 0. The normalized spacial score (nSPS) is 10.3. The van der Waals surface area contributed by atoms with E-state index in [1.165, 1.54) is 0 Å². The first-order chi connectivity index (χ1) is 13.8. The summed E-state index contributed by atoms with van der Waals surface area (Å²) in [6.45, 7) is 3.89. The zero-order valence-electron chi connectivity index (χ0n) is 17.0. The second kappa shape index (κ2) is 8.56. The molecule has 2 N–H and O–H groups in total. The van der Waals surface area contributed by atoms with Crippen molar-refractivity contribution in [3.05, 3.63) is 83.2 Å². The highest BCUT2D eigenvalue weighted by molar-refractivity contribution is 6.06. The standard InChI is InChI=1S/C23H24N4O2/c1-15-8-9-16(2)21(14-15)26-23(29)20-7-5-6-19(25-20)22(28)24-17-10-12-18(13-11-17)27(3)4/h5-14H,1-4H3,(H,24,28)(H,26,29). The van der Waals surface area contributed by atoms with Crippen LogP contribution in [0.4, 0.5) is 17.1 Å². The molecular weight excluding hydrogens is 364 g/mol. The SMILES string of the molecule is Cc1ccc(C)c(NC(=O)c2cccc(C(=O)Nc3ccc(N(C)C)cc3)n2)c1. The molecule has 6 nitrogen and oxygen atoms in total. The summed E-state index contributed by atoms with van der Waals surface area (Å²) in [7, 11) is 3.90. The second-order valence-corrected chi connectivity index (χ2v) is 7.08. The molecule has 0 aliphatic carbocycles. The molecule has 0 saturated heterocycles. The third kappa shape index (κ3) is 4.99. The summed E-state index contributed by atoms with van der Waals surface area (Å²) in [5, 5.41) is 5.67. The lowest BCUT2D eigenvalue weighted by Gasteiger charge is -2.13. The van der Waals surface area contributed by atoms with Crippen LogP contribution in [0.5, 0.6) is 0 Å². The van der Waals surface area contributed by atoms with E-state index in [4.69, 9.17) is 0 Å². The molecule has 1 aromatic heterocycles. The summed E-state index contributed by atoms with van der Waals surface area (Å²) in [5.41, 5.74) is 4.79. The number of nitrogens with one attached hydrogen (secondary N) is 2. The number of anilines is 3. The Labute approximate surface area is 170 Å². The Morgan fingerprint density at radius 1 is 0.828 bits per heavy atom. The Morgan fingerprint density at radius 2 is 1.45 bits per heavy atom. The van der Waals surface area contributed by atoms with Crippen molar-refractivity contribution in [1.82, 2.24) is 4.98 Å². The highest BCUT2D eigenvalue weighted by Crippen LogP contribution is 2.18. The number of hydrogen-bond acceptors (Lipinski definition) is 4. The number of benzene rings is 2. The van der Waals surface area contributed by atoms with Crippen molar-refractivity contribution in [1.29, 1.82) is 0 Å². The second-order valence-electron chi connectivity index (χ2n) is 7.08. The predicted octanol–water partition coefficient (Wildman–Crippen LogP) is 4.27. The van der Waals surface area contributed by atoms with E-state index in [9.17, 15) is 9.59 Å². The van der Waals surface area contributed by atoms with Gasteiger partial charge in [-0.15, -0.1) is 0 Å². The molecule has 0 unspecified atom stereocenters. The summed E-state index contributed by atoms with van der Waals surface area (Å²) in [4.78, 5) is 31.4.